The topological polar surface area (TPSA) is 149 Å². The smallest absolute Gasteiger partial charge is 0.220 e. The highest BCUT2D eigenvalue weighted by molar-refractivity contribution is 5.76. The van der Waals surface area contributed by atoms with Crippen LogP contribution in [0.2, 0.25) is 0 Å². The van der Waals surface area contributed by atoms with Crippen molar-refractivity contribution in [3.05, 3.63) is 12.2 Å². The third-order valence-electron chi connectivity index (χ3n) is 15.1. The Hall–Kier alpha value is -1.07. The van der Waals surface area contributed by atoms with Crippen molar-refractivity contribution in [3.63, 3.8) is 0 Å². The van der Waals surface area contributed by atoms with Crippen molar-refractivity contribution in [2.45, 2.75) is 358 Å². The van der Waals surface area contributed by atoms with Gasteiger partial charge < -0.3 is 40.3 Å². The van der Waals surface area contributed by atoms with Gasteiger partial charge in [-0.1, -0.05) is 283 Å². The number of ether oxygens (including phenoxy) is 2. The summed E-state index contributed by atoms with van der Waals surface area (Å²) in [5.41, 5.74) is 0. The number of rotatable bonds is 54. The van der Waals surface area contributed by atoms with Crippen LogP contribution in [0.25, 0.3) is 0 Å². The number of aliphatic hydroxyl groups excluding tert-OH is 5. The summed E-state index contributed by atoms with van der Waals surface area (Å²) in [6.45, 7) is 3.89. The van der Waals surface area contributed by atoms with Crippen LogP contribution in [0.15, 0.2) is 12.2 Å². The second-order valence-electron chi connectivity index (χ2n) is 21.9. The summed E-state index contributed by atoms with van der Waals surface area (Å²) < 4.78 is 11.3. The number of nitrogens with one attached hydrogen (secondary N) is 1. The first-order valence-corrected chi connectivity index (χ1v) is 30.9. The van der Waals surface area contributed by atoms with E-state index in [1.165, 1.54) is 250 Å². The predicted octanol–water partition coefficient (Wildman–Crippen LogP) is 15.6. The molecule has 0 aromatic carbocycles. The van der Waals surface area contributed by atoms with Crippen LogP contribution in [0.5, 0.6) is 0 Å². The van der Waals surface area contributed by atoms with E-state index in [1.807, 2.05) is 0 Å². The Kier molecular flexibility index (Phi) is 49.2. The van der Waals surface area contributed by atoms with Crippen molar-refractivity contribution in [3.8, 4) is 0 Å². The Morgan fingerprint density at radius 2 is 0.800 bits per heavy atom. The minimum Gasteiger partial charge on any atom is -0.394 e. The summed E-state index contributed by atoms with van der Waals surface area (Å²) in [5, 5.41) is 54.8. The van der Waals surface area contributed by atoms with Crippen LogP contribution in [-0.4, -0.2) is 87.5 Å². The molecule has 0 spiro atoms. The fourth-order valence-corrected chi connectivity index (χ4v) is 10.2. The molecule has 1 aliphatic heterocycles. The van der Waals surface area contributed by atoms with Gasteiger partial charge in [0.05, 0.1) is 25.4 Å². The number of carbonyl (C=O) groups is 1. The third-order valence-corrected chi connectivity index (χ3v) is 15.1. The zero-order chi connectivity index (χ0) is 50.8. The Morgan fingerprint density at radius 3 is 1.16 bits per heavy atom. The Morgan fingerprint density at radius 1 is 0.471 bits per heavy atom. The molecule has 1 heterocycles. The van der Waals surface area contributed by atoms with Gasteiger partial charge in [0, 0.05) is 6.42 Å². The molecule has 6 N–H and O–H groups in total. The average molecular weight is 995 g/mol. The minimum absolute atomic E-state index is 0.134. The van der Waals surface area contributed by atoms with Crippen LogP contribution in [0.4, 0.5) is 0 Å². The van der Waals surface area contributed by atoms with Gasteiger partial charge in [-0.25, -0.2) is 0 Å². The second-order valence-corrected chi connectivity index (χ2v) is 21.9. The summed E-state index contributed by atoms with van der Waals surface area (Å²) >= 11 is 0. The molecule has 0 radical (unpaired) electrons. The van der Waals surface area contributed by atoms with Crippen LogP contribution in [-0.2, 0) is 14.3 Å². The molecule has 0 bridgehead atoms. The highest BCUT2D eigenvalue weighted by atomic mass is 16.7. The van der Waals surface area contributed by atoms with Crippen molar-refractivity contribution in [2.24, 2.45) is 0 Å². The van der Waals surface area contributed by atoms with E-state index in [4.69, 9.17) is 9.47 Å². The van der Waals surface area contributed by atoms with Crippen LogP contribution < -0.4 is 5.32 Å². The molecule has 0 aromatic heterocycles. The lowest BCUT2D eigenvalue weighted by molar-refractivity contribution is -0.302. The van der Waals surface area contributed by atoms with E-state index in [-0.39, 0.29) is 12.5 Å². The fraction of sp³-hybridized carbons (Fsp3) is 0.951. The van der Waals surface area contributed by atoms with Gasteiger partial charge in [-0.15, -0.1) is 0 Å². The Labute approximate surface area is 433 Å². The fourth-order valence-electron chi connectivity index (χ4n) is 10.2. The molecule has 1 aliphatic rings. The lowest BCUT2D eigenvalue weighted by atomic mass is 9.99. The number of allylic oxidation sites excluding steroid dienone is 2. The first-order valence-electron chi connectivity index (χ1n) is 30.9. The summed E-state index contributed by atoms with van der Waals surface area (Å²) in [6, 6.07) is -0.718. The molecule has 9 nitrogen and oxygen atoms in total. The molecule has 1 rings (SSSR count). The molecule has 9 heteroatoms. The first-order chi connectivity index (χ1) is 34.3. The SMILES string of the molecule is CCCCCCCCCCCCCC/C=C\CCCCCCCCCCCC(=O)NC(COC1OC(CO)C(O)C(O)C1O)C(O)CCCCCCCCCCCCCCCCCCCCCCCC. The molecule has 0 aromatic rings. The zero-order valence-electron chi connectivity index (χ0n) is 46.3. The van der Waals surface area contributed by atoms with E-state index < -0.39 is 49.5 Å². The summed E-state index contributed by atoms with van der Waals surface area (Å²) in [5.74, 6) is -0.140. The molecule has 1 amide bonds. The van der Waals surface area contributed by atoms with E-state index in [0.717, 1.165) is 38.5 Å². The van der Waals surface area contributed by atoms with Gasteiger partial charge in [-0.2, -0.15) is 0 Å². The maximum atomic E-state index is 13.1. The first kappa shape index (κ1) is 66.9. The Bertz CT molecular complexity index is 1110. The lowest BCUT2D eigenvalue weighted by Gasteiger charge is -2.40. The van der Waals surface area contributed by atoms with Crippen LogP contribution in [0.3, 0.4) is 0 Å². The number of hydrogen-bond donors (Lipinski definition) is 6. The molecule has 70 heavy (non-hydrogen) atoms. The largest absolute Gasteiger partial charge is 0.394 e. The molecular formula is C61H119NO8. The van der Waals surface area contributed by atoms with Gasteiger partial charge in [0.15, 0.2) is 6.29 Å². The zero-order valence-corrected chi connectivity index (χ0v) is 46.3. The van der Waals surface area contributed by atoms with Crippen molar-refractivity contribution in [1.29, 1.82) is 0 Å². The second kappa shape index (κ2) is 51.4. The standard InChI is InChI=1S/C61H119NO8/c1-3-5-7-9-11-13-15-17-19-21-23-25-27-28-29-31-33-35-37-39-41-43-45-47-49-51-57(65)62-54(53-69-61-60(68)59(67)58(66)56(52-63)70-61)55(64)50-48-46-44-42-40-38-36-34-32-30-26-24-22-20-18-16-14-12-10-8-6-4-2/h28-29,54-56,58-61,63-64,66-68H,3-27,30-53H2,1-2H3,(H,62,65)/b29-28-. The lowest BCUT2D eigenvalue weighted by Crippen LogP contribution is -2.60. The summed E-state index contributed by atoms with van der Waals surface area (Å²) in [4.78, 5) is 13.1. The van der Waals surface area contributed by atoms with Crippen LogP contribution >= 0.6 is 0 Å². The normalized spacial score (nSPS) is 19.3. The maximum Gasteiger partial charge on any atom is 0.220 e. The van der Waals surface area contributed by atoms with E-state index in [0.29, 0.717) is 12.8 Å². The van der Waals surface area contributed by atoms with Gasteiger partial charge in [0.25, 0.3) is 0 Å². The number of hydrogen-bond acceptors (Lipinski definition) is 8. The molecule has 1 fully saturated rings. The van der Waals surface area contributed by atoms with Crippen LogP contribution in [0.1, 0.15) is 316 Å². The maximum absolute atomic E-state index is 13.1. The number of amides is 1. The van der Waals surface area contributed by atoms with E-state index in [2.05, 4.69) is 31.3 Å². The van der Waals surface area contributed by atoms with Gasteiger partial charge in [-0.05, 0) is 38.5 Å². The third kappa shape index (κ3) is 40.3. The molecule has 0 saturated carbocycles. The van der Waals surface area contributed by atoms with Crippen molar-refractivity contribution in [1.82, 2.24) is 5.32 Å². The quantitative estimate of drug-likeness (QED) is 0.0261. The number of unbranched alkanes of at least 4 members (excludes halogenated alkanes) is 42. The van der Waals surface area contributed by atoms with Crippen molar-refractivity contribution < 1.29 is 39.8 Å². The van der Waals surface area contributed by atoms with Gasteiger partial charge in [0.2, 0.25) is 5.91 Å². The highest BCUT2D eigenvalue weighted by Gasteiger charge is 2.44. The van der Waals surface area contributed by atoms with E-state index in [1.54, 1.807) is 0 Å². The van der Waals surface area contributed by atoms with Crippen LogP contribution in [0, 0.1) is 0 Å². The molecule has 7 atom stereocenters. The van der Waals surface area contributed by atoms with Crippen molar-refractivity contribution in [2.75, 3.05) is 13.2 Å². The summed E-state index contributed by atoms with van der Waals surface area (Å²) in [7, 11) is 0. The number of aliphatic hydroxyl groups is 5. The molecule has 7 unspecified atom stereocenters. The molecule has 1 saturated heterocycles. The van der Waals surface area contributed by atoms with Gasteiger partial charge >= 0.3 is 0 Å². The highest BCUT2D eigenvalue weighted by Crippen LogP contribution is 2.23. The molecule has 0 aliphatic carbocycles. The van der Waals surface area contributed by atoms with Crippen molar-refractivity contribution >= 4 is 5.91 Å². The Balaban J connectivity index is 2.17. The molecular weight excluding hydrogens is 875 g/mol. The monoisotopic (exact) mass is 994 g/mol. The van der Waals surface area contributed by atoms with Gasteiger partial charge in [0.1, 0.15) is 24.4 Å². The minimum atomic E-state index is -1.55. The predicted molar refractivity (Wildman–Crippen MR) is 295 cm³/mol. The summed E-state index contributed by atoms with van der Waals surface area (Å²) in [6.07, 6.45) is 56.8. The van der Waals surface area contributed by atoms with E-state index >= 15 is 0 Å². The average Bonchev–Trinajstić information content (AvgIpc) is 3.36. The van der Waals surface area contributed by atoms with E-state index in [9.17, 15) is 30.3 Å². The number of carbonyl (C=O) groups excluding carboxylic acids is 1. The molecule has 416 valence electrons. The van der Waals surface area contributed by atoms with Gasteiger partial charge in [-0.3, -0.25) is 4.79 Å².